The first kappa shape index (κ1) is 29.2. The van der Waals surface area contributed by atoms with Crippen molar-refractivity contribution in [2.45, 2.75) is 122 Å². The average Bonchev–Trinajstić information content (AvgIpc) is 2.72. The fourth-order valence-electron chi connectivity index (χ4n) is 6.01. The zero-order valence-electron chi connectivity index (χ0n) is 23.6. The van der Waals surface area contributed by atoms with Gasteiger partial charge in [0.25, 0.3) is 0 Å². The number of nitrogens with one attached hydrogen (secondary N) is 2. The lowest BCUT2D eigenvalue weighted by atomic mass is 9.80. The van der Waals surface area contributed by atoms with E-state index >= 15 is 0 Å². The molecule has 1 aromatic rings. The van der Waals surface area contributed by atoms with E-state index in [1.807, 2.05) is 55.4 Å². The summed E-state index contributed by atoms with van der Waals surface area (Å²) in [5.41, 5.74) is -0.465. The Labute approximate surface area is 220 Å². The molecule has 1 aromatic carbocycles. The normalized spacial score (nSPS) is 23.8. The summed E-state index contributed by atoms with van der Waals surface area (Å²) in [5, 5.41) is 29.2. The van der Waals surface area contributed by atoms with Gasteiger partial charge in [0.1, 0.15) is 12.2 Å². The van der Waals surface area contributed by atoms with E-state index in [0.29, 0.717) is 42.6 Å². The zero-order chi connectivity index (χ0) is 28.0. The number of carbonyl (C=O) groups excluding carboxylic acids is 2. The highest BCUT2D eigenvalue weighted by Gasteiger charge is 2.47. The summed E-state index contributed by atoms with van der Waals surface area (Å²) in [4.78, 5) is 25.5. The SMILES string of the molecule is Cc1c(NC(=O)OC2CC(C)(C)N(O)C(C)(C)C2)cccc1NC(=O)OC1CC(C)(C)N(O)C(C)(C)C1. The summed E-state index contributed by atoms with van der Waals surface area (Å²) in [5.74, 6) is 0. The zero-order valence-corrected chi connectivity index (χ0v) is 23.6. The van der Waals surface area contributed by atoms with Crippen molar-refractivity contribution in [1.82, 2.24) is 10.1 Å². The number of ether oxygens (including phenoxy) is 2. The molecule has 2 aliphatic heterocycles. The minimum absolute atomic E-state index is 0.358. The number of benzene rings is 1. The van der Waals surface area contributed by atoms with E-state index in [4.69, 9.17) is 9.47 Å². The topological polar surface area (TPSA) is 124 Å². The van der Waals surface area contributed by atoms with E-state index in [9.17, 15) is 20.0 Å². The summed E-state index contributed by atoms with van der Waals surface area (Å²) >= 11 is 0. The summed E-state index contributed by atoms with van der Waals surface area (Å²) < 4.78 is 11.4. The maximum absolute atomic E-state index is 12.7. The van der Waals surface area contributed by atoms with Gasteiger partial charge in [-0.3, -0.25) is 10.6 Å². The van der Waals surface area contributed by atoms with Crippen molar-refractivity contribution in [1.29, 1.82) is 0 Å². The maximum Gasteiger partial charge on any atom is 0.411 e. The number of nitrogens with zero attached hydrogens (tertiary/aromatic N) is 2. The summed E-state index contributed by atoms with van der Waals surface area (Å²) in [7, 11) is 0. The van der Waals surface area contributed by atoms with Gasteiger partial charge in [-0.25, -0.2) is 9.59 Å². The molecule has 0 aliphatic carbocycles. The van der Waals surface area contributed by atoms with Crippen LogP contribution in [0.2, 0.25) is 0 Å². The number of anilines is 2. The van der Waals surface area contributed by atoms with Gasteiger partial charge in [-0.2, -0.15) is 10.1 Å². The molecule has 0 atom stereocenters. The molecule has 3 rings (SSSR count). The van der Waals surface area contributed by atoms with E-state index in [2.05, 4.69) is 10.6 Å². The monoisotopic (exact) mass is 520 g/mol. The number of carbonyl (C=O) groups is 2. The van der Waals surface area contributed by atoms with Gasteiger partial charge in [-0.05, 0) is 80.0 Å². The third-order valence-electron chi connectivity index (χ3n) is 7.56. The first-order valence-electron chi connectivity index (χ1n) is 12.9. The second-order valence-corrected chi connectivity index (χ2v) is 13.0. The van der Waals surface area contributed by atoms with Gasteiger partial charge in [0, 0.05) is 59.2 Å². The molecule has 37 heavy (non-hydrogen) atoms. The van der Waals surface area contributed by atoms with Crippen LogP contribution < -0.4 is 10.6 Å². The molecule has 0 spiro atoms. The van der Waals surface area contributed by atoms with Gasteiger partial charge >= 0.3 is 12.2 Å². The van der Waals surface area contributed by atoms with E-state index < -0.39 is 34.3 Å². The van der Waals surface area contributed by atoms with Gasteiger partial charge in [-0.1, -0.05) is 6.07 Å². The molecule has 10 heteroatoms. The van der Waals surface area contributed by atoms with E-state index in [1.165, 1.54) is 10.1 Å². The van der Waals surface area contributed by atoms with Crippen LogP contribution in [-0.2, 0) is 9.47 Å². The molecule has 2 amide bonds. The number of hydroxylamine groups is 4. The second-order valence-electron chi connectivity index (χ2n) is 13.0. The van der Waals surface area contributed by atoms with Crippen molar-refractivity contribution in [3.05, 3.63) is 23.8 Å². The first-order chi connectivity index (χ1) is 16.8. The lowest BCUT2D eigenvalue weighted by Crippen LogP contribution is -2.60. The maximum atomic E-state index is 12.7. The molecule has 2 saturated heterocycles. The van der Waals surface area contributed by atoms with Crippen molar-refractivity contribution >= 4 is 23.6 Å². The number of piperidine rings is 2. The molecule has 10 nitrogen and oxygen atoms in total. The van der Waals surface area contributed by atoms with Crippen molar-refractivity contribution in [2.75, 3.05) is 10.6 Å². The highest BCUT2D eigenvalue weighted by Crippen LogP contribution is 2.39. The lowest BCUT2D eigenvalue weighted by molar-refractivity contribution is -0.256. The Balaban J connectivity index is 1.62. The molecule has 0 saturated carbocycles. The minimum atomic E-state index is -0.592. The molecule has 0 radical (unpaired) electrons. The van der Waals surface area contributed by atoms with Gasteiger partial charge in [0.2, 0.25) is 0 Å². The van der Waals surface area contributed by atoms with Crippen molar-refractivity contribution in [3.63, 3.8) is 0 Å². The number of hydrogen-bond donors (Lipinski definition) is 4. The molecular weight excluding hydrogens is 476 g/mol. The smallest absolute Gasteiger partial charge is 0.411 e. The Morgan fingerprint density at radius 2 is 1.03 bits per heavy atom. The van der Waals surface area contributed by atoms with Crippen molar-refractivity contribution < 1.29 is 29.5 Å². The van der Waals surface area contributed by atoms with Gasteiger partial charge in [0.05, 0.1) is 0 Å². The third-order valence-corrected chi connectivity index (χ3v) is 7.56. The summed E-state index contributed by atoms with van der Waals surface area (Å²) in [6.07, 6.45) is 0.0841. The molecular formula is C27H44N4O6. The predicted octanol–water partition coefficient (Wildman–Crippen LogP) is 5.91. The van der Waals surface area contributed by atoms with Crippen LogP contribution in [0, 0.1) is 6.92 Å². The molecule has 4 N–H and O–H groups in total. The van der Waals surface area contributed by atoms with Crippen LogP contribution in [0.3, 0.4) is 0 Å². The van der Waals surface area contributed by atoms with Gasteiger partial charge in [0.15, 0.2) is 0 Å². The van der Waals surface area contributed by atoms with E-state index in [0.717, 1.165) is 0 Å². The Bertz CT molecular complexity index is 910. The standard InChI is InChI=1S/C27H44N4O6/c1-17-20(28-22(32)36-18-13-24(2,3)30(34)25(4,5)14-18)11-10-12-21(17)29-23(33)37-19-15-26(6,7)31(35)27(8,9)16-19/h10-12,18-19,34-35H,13-16H2,1-9H3,(H,28,32)(H,29,33). The minimum Gasteiger partial charge on any atom is -0.446 e. The summed E-state index contributed by atoms with van der Waals surface area (Å²) in [6, 6.07) is 5.20. The number of hydrogen-bond acceptors (Lipinski definition) is 8. The van der Waals surface area contributed by atoms with Gasteiger partial charge < -0.3 is 19.9 Å². The Kier molecular flexibility index (Phi) is 7.92. The van der Waals surface area contributed by atoms with Crippen LogP contribution in [0.5, 0.6) is 0 Å². The Morgan fingerprint density at radius 3 is 1.32 bits per heavy atom. The first-order valence-corrected chi connectivity index (χ1v) is 12.9. The van der Waals surface area contributed by atoms with Crippen LogP contribution in [0.25, 0.3) is 0 Å². The summed E-state index contributed by atoms with van der Waals surface area (Å²) in [6.45, 7) is 17.1. The highest BCUT2D eigenvalue weighted by molar-refractivity contribution is 5.91. The van der Waals surface area contributed by atoms with E-state index in [1.54, 1.807) is 25.1 Å². The fraction of sp³-hybridized carbons (Fsp3) is 0.704. The van der Waals surface area contributed by atoms with Crippen LogP contribution in [-0.4, -0.2) is 67.1 Å². The molecule has 2 heterocycles. The number of rotatable bonds is 4. The van der Waals surface area contributed by atoms with Gasteiger partial charge in [-0.15, -0.1) is 0 Å². The average molecular weight is 521 g/mol. The van der Waals surface area contributed by atoms with Crippen LogP contribution in [0.15, 0.2) is 18.2 Å². The molecule has 2 aliphatic rings. The lowest BCUT2D eigenvalue weighted by Gasteiger charge is -2.50. The third kappa shape index (κ3) is 6.54. The van der Waals surface area contributed by atoms with Crippen LogP contribution >= 0.6 is 0 Å². The predicted molar refractivity (Wildman–Crippen MR) is 141 cm³/mol. The largest absolute Gasteiger partial charge is 0.446 e. The van der Waals surface area contributed by atoms with Crippen LogP contribution in [0.4, 0.5) is 21.0 Å². The fourth-order valence-corrected chi connectivity index (χ4v) is 6.01. The highest BCUT2D eigenvalue weighted by atomic mass is 16.6. The number of amides is 2. The molecule has 0 unspecified atom stereocenters. The molecule has 208 valence electrons. The van der Waals surface area contributed by atoms with Crippen molar-refractivity contribution in [2.24, 2.45) is 0 Å². The molecule has 0 bridgehead atoms. The van der Waals surface area contributed by atoms with Crippen molar-refractivity contribution in [3.8, 4) is 0 Å². The Hall–Kier alpha value is -2.40. The Morgan fingerprint density at radius 1 is 0.730 bits per heavy atom. The molecule has 2 fully saturated rings. The second kappa shape index (κ2) is 10.1. The van der Waals surface area contributed by atoms with Crippen LogP contribution in [0.1, 0.15) is 86.6 Å². The van der Waals surface area contributed by atoms with E-state index in [-0.39, 0.29) is 12.2 Å². The molecule has 0 aromatic heterocycles. The quantitative estimate of drug-likeness (QED) is 0.386.